The molecule has 3 rings (SSSR count). The lowest BCUT2D eigenvalue weighted by Gasteiger charge is -2.27. The first kappa shape index (κ1) is 9.55. The highest BCUT2D eigenvalue weighted by Crippen LogP contribution is 2.47. The average Bonchev–Trinajstić information content (AvgIpc) is 2.74. The molecule has 0 bridgehead atoms. The van der Waals surface area contributed by atoms with Gasteiger partial charge in [0.05, 0.1) is 5.25 Å². The van der Waals surface area contributed by atoms with Crippen LogP contribution in [-0.4, -0.2) is 13.1 Å². The SMILES string of the molecule is c1ccc2c(c1)NSC2[C@@H]1CCCNC1. The molecule has 0 spiro atoms. The van der Waals surface area contributed by atoms with Crippen LogP contribution in [-0.2, 0) is 0 Å². The van der Waals surface area contributed by atoms with Crippen LogP contribution < -0.4 is 10.0 Å². The highest BCUT2D eigenvalue weighted by molar-refractivity contribution is 8.01. The number of rotatable bonds is 1. The quantitative estimate of drug-likeness (QED) is 0.712. The molecule has 0 saturated carbocycles. The Morgan fingerprint density at radius 1 is 1.27 bits per heavy atom. The molecule has 2 atom stereocenters. The van der Waals surface area contributed by atoms with Crippen molar-refractivity contribution in [3.05, 3.63) is 29.8 Å². The van der Waals surface area contributed by atoms with E-state index in [1.165, 1.54) is 37.2 Å². The van der Waals surface area contributed by atoms with Crippen LogP contribution in [0.25, 0.3) is 0 Å². The normalized spacial score (nSPS) is 29.6. The molecule has 1 aromatic carbocycles. The predicted octanol–water partition coefficient (Wildman–Crippen LogP) is 2.80. The largest absolute Gasteiger partial charge is 0.329 e. The number of anilines is 1. The van der Waals surface area contributed by atoms with Gasteiger partial charge in [0.1, 0.15) is 0 Å². The summed E-state index contributed by atoms with van der Waals surface area (Å²) in [6.07, 6.45) is 2.69. The van der Waals surface area contributed by atoms with Crippen LogP contribution in [0.2, 0.25) is 0 Å². The summed E-state index contributed by atoms with van der Waals surface area (Å²) in [6, 6.07) is 8.70. The van der Waals surface area contributed by atoms with E-state index in [1.54, 1.807) is 0 Å². The molecule has 0 aliphatic carbocycles. The van der Waals surface area contributed by atoms with Gasteiger partial charge in [0.2, 0.25) is 0 Å². The second-order valence-electron chi connectivity index (χ2n) is 4.33. The van der Waals surface area contributed by atoms with Crippen molar-refractivity contribution in [1.82, 2.24) is 5.32 Å². The molecule has 0 amide bonds. The van der Waals surface area contributed by atoms with Crippen LogP contribution in [0.5, 0.6) is 0 Å². The molecule has 15 heavy (non-hydrogen) atoms. The van der Waals surface area contributed by atoms with E-state index in [0.29, 0.717) is 5.25 Å². The number of para-hydroxylation sites is 1. The number of benzene rings is 1. The first-order valence-electron chi connectivity index (χ1n) is 5.66. The molecular weight excluding hydrogens is 204 g/mol. The number of fused-ring (bicyclic) bond motifs is 1. The Labute approximate surface area is 95.0 Å². The number of hydrogen-bond donors (Lipinski definition) is 2. The zero-order chi connectivity index (χ0) is 10.1. The zero-order valence-electron chi connectivity index (χ0n) is 8.70. The van der Waals surface area contributed by atoms with Crippen molar-refractivity contribution >= 4 is 17.6 Å². The third-order valence-corrected chi connectivity index (χ3v) is 4.56. The van der Waals surface area contributed by atoms with E-state index >= 15 is 0 Å². The molecule has 0 aromatic heterocycles. The third kappa shape index (κ3) is 1.74. The summed E-state index contributed by atoms with van der Waals surface area (Å²) in [6.45, 7) is 2.37. The Morgan fingerprint density at radius 2 is 2.20 bits per heavy atom. The maximum absolute atomic E-state index is 3.50. The number of hydrogen-bond acceptors (Lipinski definition) is 3. The summed E-state index contributed by atoms with van der Waals surface area (Å²) < 4.78 is 3.44. The molecule has 2 aliphatic heterocycles. The lowest BCUT2D eigenvalue weighted by atomic mass is 9.91. The van der Waals surface area contributed by atoms with Gasteiger partial charge in [0.25, 0.3) is 0 Å². The van der Waals surface area contributed by atoms with Crippen molar-refractivity contribution in [2.24, 2.45) is 5.92 Å². The molecule has 2 aliphatic rings. The maximum atomic E-state index is 3.50. The lowest BCUT2D eigenvalue weighted by molar-refractivity contribution is 0.372. The highest BCUT2D eigenvalue weighted by Gasteiger charge is 2.31. The fourth-order valence-electron chi connectivity index (χ4n) is 2.52. The topological polar surface area (TPSA) is 24.1 Å². The fraction of sp³-hybridized carbons (Fsp3) is 0.500. The zero-order valence-corrected chi connectivity index (χ0v) is 9.52. The summed E-state index contributed by atoms with van der Waals surface area (Å²) in [7, 11) is 0. The molecule has 1 unspecified atom stereocenters. The monoisotopic (exact) mass is 220 g/mol. The van der Waals surface area contributed by atoms with Crippen LogP contribution in [0.15, 0.2) is 24.3 Å². The van der Waals surface area contributed by atoms with Gasteiger partial charge in [-0.05, 0) is 55.4 Å². The summed E-state index contributed by atoms with van der Waals surface area (Å²) in [5, 5.41) is 4.15. The predicted molar refractivity (Wildman–Crippen MR) is 66.0 cm³/mol. The van der Waals surface area contributed by atoms with Crippen molar-refractivity contribution in [2.75, 3.05) is 17.8 Å². The summed E-state index contributed by atoms with van der Waals surface area (Å²) in [5.41, 5.74) is 2.81. The van der Waals surface area contributed by atoms with Gasteiger partial charge in [-0.1, -0.05) is 18.2 Å². The van der Waals surface area contributed by atoms with Crippen LogP contribution in [0.1, 0.15) is 23.7 Å². The summed E-state index contributed by atoms with van der Waals surface area (Å²) >= 11 is 1.89. The van der Waals surface area contributed by atoms with Crippen molar-refractivity contribution in [3.63, 3.8) is 0 Å². The van der Waals surface area contributed by atoms with Crippen LogP contribution in [0.4, 0.5) is 5.69 Å². The van der Waals surface area contributed by atoms with E-state index in [2.05, 4.69) is 34.3 Å². The molecule has 2 heterocycles. The fourth-order valence-corrected chi connectivity index (χ4v) is 3.71. The van der Waals surface area contributed by atoms with Crippen LogP contribution in [0.3, 0.4) is 0 Å². The summed E-state index contributed by atoms with van der Waals surface area (Å²) in [5.74, 6) is 0.792. The van der Waals surface area contributed by atoms with Crippen LogP contribution >= 0.6 is 11.9 Å². The Bertz CT molecular complexity index is 347. The highest BCUT2D eigenvalue weighted by atomic mass is 32.2. The van der Waals surface area contributed by atoms with Crippen molar-refractivity contribution in [2.45, 2.75) is 18.1 Å². The molecule has 0 radical (unpaired) electrons. The Balaban J connectivity index is 1.83. The number of piperidine rings is 1. The maximum Gasteiger partial charge on any atom is 0.0556 e. The Hall–Kier alpha value is -0.670. The summed E-state index contributed by atoms with van der Waals surface area (Å²) in [4.78, 5) is 0. The molecule has 2 nitrogen and oxygen atoms in total. The Kier molecular flexibility index (Phi) is 2.59. The first-order chi connectivity index (χ1) is 7.45. The molecule has 1 aromatic rings. The van der Waals surface area contributed by atoms with E-state index in [-0.39, 0.29) is 0 Å². The van der Waals surface area contributed by atoms with Gasteiger partial charge in [-0.25, -0.2) is 0 Å². The second kappa shape index (κ2) is 4.06. The molecule has 1 saturated heterocycles. The van der Waals surface area contributed by atoms with E-state index in [4.69, 9.17) is 0 Å². The average molecular weight is 220 g/mol. The lowest BCUT2D eigenvalue weighted by Crippen LogP contribution is -2.32. The van der Waals surface area contributed by atoms with Crippen molar-refractivity contribution in [3.8, 4) is 0 Å². The third-order valence-electron chi connectivity index (χ3n) is 3.33. The van der Waals surface area contributed by atoms with Gasteiger partial charge < -0.3 is 10.0 Å². The molecule has 2 N–H and O–H groups in total. The molecule has 3 heteroatoms. The van der Waals surface area contributed by atoms with Gasteiger partial charge >= 0.3 is 0 Å². The van der Waals surface area contributed by atoms with Crippen molar-refractivity contribution in [1.29, 1.82) is 0 Å². The van der Waals surface area contributed by atoms with E-state index in [9.17, 15) is 0 Å². The van der Waals surface area contributed by atoms with Crippen LogP contribution in [0, 0.1) is 5.92 Å². The van der Waals surface area contributed by atoms with Gasteiger partial charge in [-0.2, -0.15) is 0 Å². The van der Waals surface area contributed by atoms with Gasteiger partial charge in [0, 0.05) is 5.69 Å². The molecule has 80 valence electrons. The molecular formula is C12H16N2S. The van der Waals surface area contributed by atoms with Gasteiger partial charge in [0.15, 0.2) is 0 Å². The molecule has 1 fully saturated rings. The Morgan fingerprint density at radius 3 is 3.07 bits per heavy atom. The minimum Gasteiger partial charge on any atom is -0.329 e. The van der Waals surface area contributed by atoms with Gasteiger partial charge in [-0.3, -0.25) is 0 Å². The minimum absolute atomic E-state index is 0.647. The van der Waals surface area contributed by atoms with E-state index in [0.717, 1.165) is 5.92 Å². The smallest absolute Gasteiger partial charge is 0.0556 e. The second-order valence-corrected chi connectivity index (χ2v) is 5.28. The standard InChI is InChI=1S/C12H16N2S/c1-2-6-11-10(5-1)12(15-14-11)9-4-3-7-13-8-9/h1-2,5-6,9,12-14H,3-4,7-8H2/t9-,12?/m1/s1. The van der Waals surface area contributed by atoms with Crippen molar-refractivity contribution < 1.29 is 0 Å². The minimum atomic E-state index is 0.647. The first-order valence-corrected chi connectivity index (χ1v) is 6.54. The van der Waals surface area contributed by atoms with E-state index < -0.39 is 0 Å². The van der Waals surface area contributed by atoms with Gasteiger partial charge in [-0.15, -0.1) is 0 Å². The number of nitrogens with one attached hydrogen (secondary N) is 2. The van der Waals surface area contributed by atoms with E-state index in [1.807, 2.05) is 11.9 Å².